The number of carbonyl (C=O) groups is 1. The van der Waals surface area contributed by atoms with Crippen LogP contribution >= 0.6 is 39.3 Å². The quantitative estimate of drug-likeness (QED) is 0.843. The molecular formula is C10H6BrClFN3O2S. The zero-order valence-electron chi connectivity index (χ0n) is 9.18. The largest absolute Gasteiger partial charge is 0.481 e. The van der Waals surface area contributed by atoms with E-state index >= 15 is 0 Å². The van der Waals surface area contributed by atoms with Crippen molar-refractivity contribution in [2.75, 3.05) is 5.75 Å². The number of aromatic nitrogens is 3. The molecule has 19 heavy (non-hydrogen) atoms. The zero-order valence-corrected chi connectivity index (χ0v) is 12.3. The number of carboxylic acids is 1. The molecule has 0 bridgehead atoms. The van der Waals surface area contributed by atoms with E-state index in [1.54, 1.807) is 0 Å². The predicted molar refractivity (Wildman–Crippen MR) is 72.4 cm³/mol. The summed E-state index contributed by atoms with van der Waals surface area (Å²) >= 11 is 10.2. The molecule has 0 aliphatic rings. The highest BCUT2D eigenvalue weighted by Gasteiger charge is 2.15. The van der Waals surface area contributed by atoms with Gasteiger partial charge in [0.25, 0.3) is 0 Å². The topological polar surface area (TPSA) is 68.0 Å². The summed E-state index contributed by atoms with van der Waals surface area (Å²) in [5.74, 6) is -1.60. The standard InChI is InChI=1S/C10H6BrClFN3O2S/c11-6-1-5(13)2-7(12)9(6)16-4-14-15-10(16)19-3-8(17)18/h1-2,4H,3H2,(H,17,18). The number of hydrogen-bond donors (Lipinski definition) is 1. The molecule has 0 fully saturated rings. The minimum atomic E-state index is -0.969. The second kappa shape index (κ2) is 5.89. The first kappa shape index (κ1) is 14.3. The molecular weight excluding hydrogens is 361 g/mol. The molecule has 0 saturated carbocycles. The van der Waals surface area contributed by atoms with Crippen molar-refractivity contribution in [3.8, 4) is 5.69 Å². The van der Waals surface area contributed by atoms with Crippen LogP contribution in [0, 0.1) is 5.82 Å². The van der Waals surface area contributed by atoms with Crippen LogP contribution in [0.1, 0.15) is 0 Å². The number of benzene rings is 1. The highest BCUT2D eigenvalue weighted by Crippen LogP contribution is 2.32. The Morgan fingerprint density at radius 2 is 2.32 bits per heavy atom. The van der Waals surface area contributed by atoms with Crippen molar-refractivity contribution in [2.24, 2.45) is 0 Å². The average molecular weight is 367 g/mol. The summed E-state index contributed by atoms with van der Waals surface area (Å²) in [6.45, 7) is 0. The fraction of sp³-hybridized carbons (Fsp3) is 0.100. The van der Waals surface area contributed by atoms with Gasteiger partial charge in [0.2, 0.25) is 0 Å². The van der Waals surface area contributed by atoms with Crippen LogP contribution < -0.4 is 0 Å². The SMILES string of the molecule is O=C(O)CSc1nncn1-c1c(Cl)cc(F)cc1Br. The Kier molecular flexibility index (Phi) is 4.43. The summed E-state index contributed by atoms with van der Waals surface area (Å²) in [4.78, 5) is 10.6. The van der Waals surface area contributed by atoms with Gasteiger partial charge >= 0.3 is 5.97 Å². The first-order chi connectivity index (χ1) is 8.99. The smallest absolute Gasteiger partial charge is 0.313 e. The van der Waals surface area contributed by atoms with Gasteiger partial charge in [0.05, 0.1) is 16.5 Å². The fourth-order valence-corrected chi connectivity index (χ4v) is 3.04. The molecule has 2 aromatic rings. The van der Waals surface area contributed by atoms with E-state index in [-0.39, 0.29) is 10.8 Å². The number of aliphatic carboxylic acids is 1. The van der Waals surface area contributed by atoms with E-state index in [9.17, 15) is 9.18 Å². The van der Waals surface area contributed by atoms with Crippen LogP contribution in [0.2, 0.25) is 5.02 Å². The van der Waals surface area contributed by atoms with E-state index in [1.807, 2.05) is 0 Å². The van der Waals surface area contributed by atoms with Gasteiger partial charge in [-0.15, -0.1) is 10.2 Å². The molecule has 0 unspecified atom stereocenters. The second-order valence-corrected chi connectivity index (χ2v) is 5.59. The van der Waals surface area contributed by atoms with Gasteiger partial charge in [-0.05, 0) is 28.1 Å². The van der Waals surface area contributed by atoms with Crippen molar-refractivity contribution >= 4 is 45.3 Å². The van der Waals surface area contributed by atoms with Crippen molar-refractivity contribution in [2.45, 2.75) is 5.16 Å². The molecule has 2 rings (SSSR count). The van der Waals surface area contributed by atoms with Gasteiger partial charge in [0.1, 0.15) is 12.1 Å². The molecule has 0 atom stereocenters. The minimum Gasteiger partial charge on any atom is -0.481 e. The van der Waals surface area contributed by atoms with Gasteiger partial charge in [-0.2, -0.15) is 0 Å². The van der Waals surface area contributed by atoms with E-state index in [0.717, 1.165) is 17.8 Å². The lowest BCUT2D eigenvalue weighted by atomic mass is 10.3. The van der Waals surface area contributed by atoms with Crippen LogP contribution in [0.3, 0.4) is 0 Å². The molecule has 1 N–H and O–H groups in total. The lowest BCUT2D eigenvalue weighted by Crippen LogP contribution is -2.02. The van der Waals surface area contributed by atoms with Crippen molar-refractivity contribution in [1.29, 1.82) is 0 Å². The maximum atomic E-state index is 13.2. The number of halogens is 3. The van der Waals surface area contributed by atoms with Gasteiger partial charge in [0.15, 0.2) is 5.16 Å². The first-order valence-corrected chi connectivity index (χ1v) is 7.04. The van der Waals surface area contributed by atoms with E-state index in [4.69, 9.17) is 16.7 Å². The first-order valence-electron chi connectivity index (χ1n) is 4.88. The molecule has 0 spiro atoms. The minimum absolute atomic E-state index is 0.158. The number of hydrogen-bond acceptors (Lipinski definition) is 4. The van der Waals surface area contributed by atoms with Crippen LogP contribution in [-0.2, 0) is 4.79 Å². The van der Waals surface area contributed by atoms with Crippen molar-refractivity contribution in [3.63, 3.8) is 0 Å². The number of thioether (sulfide) groups is 1. The maximum absolute atomic E-state index is 13.2. The highest BCUT2D eigenvalue weighted by atomic mass is 79.9. The van der Waals surface area contributed by atoms with E-state index < -0.39 is 11.8 Å². The monoisotopic (exact) mass is 365 g/mol. The molecule has 1 aromatic carbocycles. The number of rotatable bonds is 4. The summed E-state index contributed by atoms with van der Waals surface area (Å²) in [6.07, 6.45) is 1.38. The number of nitrogens with zero attached hydrogens (tertiary/aromatic N) is 3. The lowest BCUT2D eigenvalue weighted by Gasteiger charge is -2.10. The van der Waals surface area contributed by atoms with Gasteiger partial charge < -0.3 is 5.11 Å². The highest BCUT2D eigenvalue weighted by molar-refractivity contribution is 9.10. The maximum Gasteiger partial charge on any atom is 0.313 e. The van der Waals surface area contributed by atoms with E-state index in [0.29, 0.717) is 15.3 Å². The van der Waals surface area contributed by atoms with Gasteiger partial charge in [-0.25, -0.2) is 4.39 Å². The van der Waals surface area contributed by atoms with Gasteiger partial charge in [-0.3, -0.25) is 9.36 Å². The van der Waals surface area contributed by atoms with Crippen LogP contribution in [0.25, 0.3) is 5.69 Å². The van der Waals surface area contributed by atoms with Gasteiger partial charge in [-0.1, -0.05) is 23.4 Å². The Bertz CT molecular complexity index is 614. The Hall–Kier alpha value is -1.12. The van der Waals surface area contributed by atoms with Crippen molar-refractivity contribution < 1.29 is 14.3 Å². The van der Waals surface area contributed by atoms with Crippen LogP contribution in [0.5, 0.6) is 0 Å². The number of carboxylic acid groups (broad SMARTS) is 1. The third kappa shape index (κ3) is 3.26. The third-order valence-electron chi connectivity index (χ3n) is 2.06. The Balaban J connectivity index is 2.43. The van der Waals surface area contributed by atoms with Crippen molar-refractivity contribution in [1.82, 2.24) is 14.8 Å². The molecule has 5 nitrogen and oxygen atoms in total. The molecule has 1 heterocycles. The predicted octanol–water partition coefficient (Wildman–Crippen LogP) is 3.00. The van der Waals surface area contributed by atoms with Crippen LogP contribution in [0.4, 0.5) is 4.39 Å². The summed E-state index contributed by atoms with van der Waals surface area (Å²) in [7, 11) is 0. The normalized spacial score (nSPS) is 10.7. The van der Waals surface area contributed by atoms with Crippen molar-refractivity contribution in [3.05, 3.63) is 33.8 Å². The molecule has 1 aromatic heterocycles. The van der Waals surface area contributed by atoms with E-state index in [1.165, 1.54) is 17.0 Å². The summed E-state index contributed by atoms with van der Waals surface area (Å²) < 4.78 is 15.1. The zero-order chi connectivity index (χ0) is 14.0. The van der Waals surface area contributed by atoms with Gasteiger partial charge in [0, 0.05) is 4.47 Å². The summed E-state index contributed by atoms with van der Waals surface area (Å²) in [5, 5.41) is 16.7. The second-order valence-electron chi connectivity index (χ2n) is 3.38. The van der Waals surface area contributed by atoms with Crippen LogP contribution in [-0.4, -0.2) is 31.6 Å². The molecule has 0 saturated heterocycles. The molecule has 9 heteroatoms. The van der Waals surface area contributed by atoms with E-state index in [2.05, 4.69) is 26.1 Å². The average Bonchev–Trinajstić information content (AvgIpc) is 2.73. The molecule has 0 aliphatic carbocycles. The molecule has 0 amide bonds. The Morgan fingerprint density at radius 3 is 2.95 bits per heavy atom. The summed E-state index contributed by atoms with van der Waals surface area (Å²) in [6, 6.07) is 2.42. The van der Waals surface area contributed by atoms with Crippen LogP contribution in [0.15, 0.2) is 28.1 Å². The summed E-state index contributed by atoms with van der Waals surface area (Å²) in [5.41, 5.74) is 0.459. The lowest BCUT2D eigenvalue weighted by molar-refractivity contribution is -0.133. The fourth-order valence-electron chi connectivity index (χ4n) is 1.37. The Labute approximate surface area is 124 Å². The molecule has 0 radical (unpaired) electrons. The Morgan fingerprint density at radius 1 is 1.58 bits per heavy atom. The third-order valence-corrected chi connectivity index (χ3v) is 3.88. The molecule has 0 aliphatic heterocycles. The molecule has 100 valence electrons.